The number of nitrogens with zero attached hydrogens (tertiary/aromatic N) is 2. The highest BCUT2D eigenvalue weighted by Crippen LogP contribution is 2.32. The van der Waals surface area contributed by atoms with Gasteiger partial charge in [0.15, 0.2) is 0 Å². The van der Waals surface area contributed by atoms with E-state index < -0.39 is 0 Å². The molecule has 1 aliphatic rings. The van der Waals surface area contributed by atoms with Crippen LogP contribution in [0.25, 0.3) is 0 Å². The molecule has 3 nitrogen and oxygen atoms in total. The highest BCUT2D eigenvalue weighted by molar-refractivity contribution is 5.18. The van der Waals surface area contributed by atoms with Crippen molar-refractivity contribution in [2.75, 3.05) is 0 Å². The number of aliphatic hydroxyl groups is 1. The van der Waals surface area contributed by atoms with Gasteiger partial charge in [-0.05, 0) is 18.4 Å². The molecule has 3 rings (SSSR count). The molecular formula is C17H22N2O. The Balaban J connectivity index is 1.89. The van der Waals surface area contributed by atoms with Gasteiger partial charge in [0.05, 0.1) is 18.5 Å². The van der Waals surface area contributed by atoms with E-state index in [0.717, 1.165) is 18.1 Å². The summed E-state index contributed by atoms with van der Waals surface area (Å²) in [5, 5.41) is 9.55. The van der Waals surface area contributed by atoms with Crippen molar-refractivity contribution in [3.05, 3.63) is 53.6 Å². The summed E-state index contributed by atoms with van der Waals surface area (Å²) in [6.07, 6.45) is 8.26. The number of aromatic nitrogens is 2. The molecule has 1 aromatic heterocycles. The van der Waals surface area contributed by atoms with Gasteiger partial charge in [-0.1, -0.05) is 49.6 Å². The molecule has 0 radical (unpaired) electrons. The average molecular weight is 270 g/mol. The van der Waals surface area contributed by atoms with Gasteiger partial charge in [-0.2, -0.15) is 0 Å². The molecule has 1 heterocycles. The van der Waals surface area contributed by atoms with E-state index in [2.05, 4.69) is 33.8 Å². The highest BCUT2D eigenvalue weighted by Gasteiger charge is 2.21. The third-order valence-corrected chi connectivity index (χ3v) is 4.28. The molecule has 1 saturated carbocycles. The van der Waals surface area contributed by atoms with Gasteiger partial charge >= 0.3 is 0 Å². The first kappa shape index (κ1) is 13.4. The molecule has 0 saturated heterocycles. The summed E-state index contributed by atoms with van der Waals surface area (Å²) in [6.45, 7) is 0.870. The molecule has 106 valence electrons. The molecule has 20 heavy (non-hydrogen) atoms. The maximum atomic E-state index is 9.55. The number of hydrogen-bond acceptors (Lipinski definition) is 2. The zero-order valence-electron chi connectivity index (χ0n) is 11.8. The van der Waals surface area contributed by atoms with Crippen LogP contribution >= 0.6 is 0 Å². The Morgan fingerprint density at radius 3 is 2.55 bits per heavy atom. The lowest BCUT2D eigenvalue weighted by Crippen LogP contribution is -2.14. The minimum absolute atomic E-state index is 0.0621. The van der Waals surface area contributed by atoms with Crippen molar-refractivity contribution >= 4 is 0 Å². The predicted molar refractivity (Wildman–Crippen MR) is 79.5 cm³/mol. The fraction of sp³-hybridized carbons (Fsp3) is 0.471. The minimum atomic E-state index is 0.0621. The Labute approximate surface area is 120 Å². The number of aliphatic hydroxyl groups excluding tert-OH is 1. The topological polar surface area (TPSA) is 38.1 Å². The Morgan fingerprint density at radius 2 is 1.85 bits per heavy atom. The van der Waals surface area contributed by atoms with E-state index in [1.807, 2.05) is 12.3 Å². The highest BCUT2D eigenvalue weighted by atomic mass is 16.3. The normalized spacial score (nSPS) is 16.4. The van der Waals surface area contributed by atoms with E-state index in [4.69, 9.17) is 0 Å². The second-order valence-electron chi connectivity index (χ2n) is 5.67. The summed E-state index contributed by atoms with van der Waals surface area (Å²) in [5.74, 6) is 1.73. The number of benzene rings is 1. The third-order valence-electron chi connectivity index (χ3n) is 4.28. The van der Waals surface area contributed by atoms with Gasteiger partial charge in [-0.15, -0.1) is 0 Å². The van der Waals surface area contributed by atoms with Gasteiger partial charge < -0.3 is 9.67 Å². The number of hydrogen-bond donors (Lipinski definition) is 1. The molecule has 0 amide bonds. The van der Waals surface area contributed by atoms with Crippen molar-refractivity contribution in [1.82, 2.24) is 9.55 Å². The van der Waals surface area contributed by atoms with Gasteiger partial charge in [-0.3, -0.25) is 0 Å². The number of imidazole rings is 1. The van der Waals surface area contributed by atoms with E-state index in [1.165, 1.54) is 37.7 Å². The SMILES string of the molecule is OCc1cnc(C2CCCCC2)n1Cc1ccccc1. The summed E-state index contributed by atoms with van der Waals surface area (Å²) >= 11 is 0. The van der Waals surface area contributed by atoms with Crippen molar-refractivity contribution < 1.29 is 5.11 Å². The third kappa shape index (κ3) is 2.78. The Hall–Kier alpha value is -1.61. The molecule has 1 fully saturated rings. The lowest BCUT2D eigenvalue weighted by atomic mass is 9.88. The predicted octanol–water partition coefficient (Wildman–Crippen LogP) is 3.47. The van der Waals surface area contributed by atoms with Crippen LogP contribution in [0.1, 0.15) is 55.1 Å². The average Bonchev–Trinajstić information content (AvgIpc) is 2.92. The van der Waals surface area contributed by atoms with E-state index in [0.29, 0.717) is 5.92 Å². The van der Waals surface area contributed by atoms with Crippen LogP contribution in [0.3, 0.4) is 0 Å². The Bertz CT molecular complexity index is 541. The fourth-order valence-corrected chi connectivity index (χ4v) is 3.19. The van der Waals surface area contributed by atoms with Gasteiger partial charge in [0.1, 0.15) is 5.82 Å². The van der Waals surface area contributed by atoms with Crippen LogP contribution in [0.15, 0.2) is 36.5 Å². The minimum Gasteiger partial charge on any atom is -0.390 e. The second kappa shape index (κ2) is 6.23. The molecule has 1 aliphatic carbocycles. The van der Waals surface area contributed by atoms with Crippen molar-refractivity contribution in [3.63, 3.8) is 0 Å². The molecule has 0 unspecified atom stereocenters. The lowest BCUT2D eigenvalue weighted by Gasteiger charge is -2.23. The van der Waals surface area contributed by atoms with Gasteiger partial charge in [-0.25, -0.2) is 4.98 Å². The summed E-state index contributed by atoms with van der Waals surface area (Å²) in [4.78, 5) is 4.61. The summed E-state index contributed by atoms with van der Waals surface area (Å²) < 4.78 is 2.21. The molecule has 0 bridgehead atoms. The van der Waals surface area contributed by atoms with E-state index in [-0.39, 0.29) is 6.61 Å². The molecule has 3 heteroatoms. The Morgan fingerprint density at radius 1 is 1.10 bits per heavy atom. The first-order valence-electron chi connectivity index (χ1n) is 7.57. The maximum Gasteiger partial charge on any atom is 0.112 e. The molecule has 1 aromatic carbocycles. The van der Waals surface area contributed by atoms with Gasteiger partial charge in [0, 0.05) is 12.5 Å². The summed E-state index contributed by atoms with van der Waals surface area (Å²) in [6, 6.07) is 10.4. The summed E-state index contributed by atoms with van der Waals surface area (Å²) in [5.41, 5.74) is 2.19. The molecule has 2 aromatic rings. The van der Waals surface area contributed by atoms with Crippen LogP contribution < -0.4 is 0 Å². The van der Waals surface area contributed by atoms with Crippen molar-refractivity contribution in [2.24, 2.45) is 0 Å². The molecule has 0 spiro atoms. The first-order valence-corrected chi connectivity index (χ1v) is 7.57. The molecule has 1 N–H and O–H groups in total. The van der Waals surface area contributed by atoms with E-state index >= 15 is 0 Å². The summed E-state index contributed by atoms with van der Waals surface area (Å²) in [7, 11) is 0. The smallest absolute Gasteiger partial charge is 0.112 e. The van der Waals surface area contributed by atoms with E-state index in [9.17, 15) is 5.11 Å². The van der Waals surface area contributed by atoms with Crippen LogP contribution in [-0.2, 0) is 13.2 Å². The van der Waals surface area contributed by atoms with Crippen molar-refractivity contribution in [2.45, 2.75) is 51.2 Å². The van der Waals surface area contributed by atoms with Crippen LogP contribution in [0.2, 0.25) is 0 Å². The van der Waals surface area contributed by atoms with Gasteiger partial charge in [0.25, 0.3) is 0 Å². The molecule has 0 aliphatic heterocycles. The fourth-order valence-electron chi connectivity index (χ4n) is 3.19. The van der Waals surface area contributed by atoms with Crippen molar-refractivity contribution in [1.29, 1.82) is 0 Å². The van der Waals surface area contributed by atoms with Crippen LogP contribution in [0, 0.1) is 0 Å². The zero-order chi connectivity index (χ0) is 13.8. The lowest BCUT2D eigenvalue weighted by molar-refractivity contribution is 0.270. The number of rotatable bonds is 4. The largest absolute Gasteiger partial charge is 0.390 e. The Kier molecular flexibility index (Phi) is 4.16. The van der Waals surface area contributed by atoms with Gasteiger partial charge in [0.2, 0.25) is 0 Å². The molecular weight excluding hydrogens is 248 g/mol. The monoisotopic (exact) mass is 270 g/mol. The van der Waals surface area contributed by atoms with Crippen molar-refractivity contribution in [3.8, 4) is 0 Å². The van der Waals surface area contributed by atoms with Crippen LogP contribution in [0.5, 0.6) is 0 Å². The van der Waals surface area contributed by atoms with Crippen LogP contribution in [0.4, 0.5) is 0 Å². The second-order valence-corrected chi connectivity index (χ2v) is 5.67. The standard InChI is InChI=1S/C17H22N2O/c20-13-16-11-18-17(15-9-5-2-6-10-15)19(16)12-14-7-3-1-4-8-14/h1,3-4,7-8,11,15,20H,2,5-6,9-10,12-13H2. The van der Waals surface area contributed by atoms with E-state index in [1.54, 1.807) is 0 Å². The van der Waals surface area contributed by atoms with Crippen LogP contribution in [-0.4, -0.2) is 14.7 Å². The molecule has 0 atom stereocenters. The zero-order valence-corrected chi connectivity index (χ0v) is 11.8. The maximum absolute atomic E-state index is 9.55. The first-order chi connectivity index (χ1) is 9.88. The quantitative estimate of drug-likeness (QED) is 0.923.